The van der Waals surface area contributed by atoms with Gasteiger partial charge in [-0.3, -0.25) is 9.89 Å². The van der Waals surface area contributed by atoms with E-state index in [1.807, 2.05) is 37.3 Å². The summed E-state index contributed by atoms with van der Waals surface area (Å²) in [4.78, 5) is 18.2. The molecule has 0 fully saturated rings. The van der Waals surface area contributed by atoms with Crippen LogP contribution < -0.4 is 4.72 Å². The van der Waals surface area contributed by atoms with E-state index in [1.165, 1.54) is 6.33 Å². The summed E-state index contributed by atoms with van der Waals surface area (Å²) in [5.41, 5.74) is 2.76. The summed E-state index contributed by atoms with van der Waals surface area (Å²) in [7, 11) is -3.66. The zero-order valence-electron chi connectivity index (χ0n) is 15.9. The molecule has 0 radical (unpaired) electrons. The number of aromatic amines is 1. The van der Waals surface area contributed by atoms with Gasteiger partial charge in [-0.2, -0.15) is 5.10 Å². The molecule has 0 spiro atoms. The Bertz CT molecular complexity index is 1110. The van der Waals surface area contributed by atoms with E-state index in [4.69, 9.17) is 0 Å². The third-order valence-electron chi connectivity index (χ3n) is 5.04. The number of rotatable bonds is 5. The Hall–Kier alpha value is -3.04. The lowest BCUT2D eigenvalue weighted by atomic mass is 10.00. The third kappa shape index (κ3) is 4.06. The molecule has 0 bridgehead atoms. The third-order valence-corrected chi connectivity index (χ3v) is 6.57. The van der Waals surface area contributed by atoms with Crippen LogP contribution in [0.2, 0.25) is 0 Å². The molecule has 1 aliphatic heterocycles. The lowest BCUT2D eigenvalue weighted by Gasteiger charge is -2.28. The van der Waals surface area contributed by atoms with Crippen molar-refractivity contribution in [2.75, 3.05) is 6.54 Å². The van der Waals surface area contributed by atoms with Crippen LogP contribution in [0.15, 0.2) is 59.8 Å². The fourth-order valence-electron chi connectivity index (χ4n) is 3.44. The minimum Gasteiger partial charge on any atom is -0.331 e. The first-order chi connectivity index (χ1) is 13.9. The highest BCUT2D eigenvalue weighted by Crippen LogP contribution is 2.24. The first kappa shape index (κ1) is 19.3. The summed E-state index contributed by atoms with van der Waals surface area (Å²) in [6.07, 6.45) is 1.87. The van der Waals surface area contributed by atoms with Crippen LogP contribution in [-0.2, 0) is 23.0 Å². The lowest BCUT2D eigenvalue weighted by molar-refractivity contribution is 0.0722. The van der Waals surface area contributed by atoms with Crippen molar-refractivity contribution in [3.05, 3.63) is 77.4 Å². The number of nitrogens with one attached hydrogen (secondary N) is 2. The molecule has 1 unspecified atom stereocenters. The molecular weight excluding hydrogens is 390 g/mol. The summed E-state index contributed by atoms with van der Waals surface area (Å²) < 4.78 is 28.4. The zero-order valence-corrected chi connectivity index (χ0v) is 16.7. The van der Waals surface area contributed by atoms with Crippen LogP contribution in [0, 0.1) is 0 Å². The summed E-state index contributed by atoms with van der Waals surface area (Å²) in [5.74, 6) is -0.0186. The molecule has 1 atom stereocenters. The van der Waals surface area contributed by atoms with Gasteiger partial charge in [-0.1, -0.05) is 36.4 Å². The molecule has 0 saturated heterocycles. The second kappa shape index (κ2) is 7.76. The van der Waals surface area contributed by atoms with E-state index >= 15 is 0 Å². The maximum Gasteiger partial charge on any atom is 0.291 e. The van der Waals surface area contributed by atoms with Crippen LogP contribution in [0.3, 0.4) is 0 Å². The molecule has 29 heavy (non-hydrogen) atoms. The molecular formula is C20H21N5O3S. The molecule has 150 valence electrons. The Kier molecular flexibility index (Phi) is 5.16. The number of carbonyl (C=O) groups is 1. The molecule has 8 nitrogen and oxygen atoms in total. The number of hydrogen-bond acceptors (Lipinski definition) is 5. The fraction of sp³-hybridized carbons (Fsp3) is 0.250. The Morgan fingerprint density at radius 3 is 2.69 bits per heavy atom. The summed E-state index contributed by atoms with van der Waals surface area (Å²) in [5, 5.41) is 6.29. The zero-order chi connectivity index (χ0) is 20.4. The molecule has 9 heteroatoms. The molecule has 1 aromatic heterocycles. The molecule has 1 aliphatic rings. The number of fused-ring (bicyclic) bond motifs is 1. The average molecular weight is 411 g/mol. The molecule has 3 aromatic rings. The predicted octanol–water partition coefficient (Wildman–Crippen LogP) is 2.04. The van der Waals surface area contributed by atoms with Crippen molar-refractivity contribution in [3.8, 4) is 0 Å². The quantitative estimate of drug-likeness (QED) is 0.668. The lowest BCUT2D eigenvalue weighted by Crippen LogP contribution is -2.36. The topological polar surface area (TPSA) is 108 Å². The van der Waals surface area contributed by atoms with E-state index in [1.54, 1.807) is 23.1 Å². The average Bonchev–Trinajstić information content (AvgIpc) is 3.27. The second-order valence-corrected chi connectivity index (χ2v) is 8.71. The van der Waals surface area contributed by atoms with E-state index in [2.05, 4.69) is 19.9 Å². The molecule has 2 aromatic carbocycles. The fourth-order valence-corrected chi connectivity index (χ4v) is 4.72. The molecule has 1 amide bonds. The van der Waals surface area contributed by atoms with Crippen LogP contribution in [0.5, 0.6) is 0 Å². The van der Waals surface area contributed by atoms with Gasteiger partial charge < -0.3 is 4.90 Å². The molecule has 0 saturated carbocycles. The first-order valence-electron chi connectivity index (χ1n) is 9.28. The maximum absolute atomic E-state index is 12.8. The van der Waals surface area contributed by atoms with Crippen molar-refractivity contribution >= 4 is 15.9 Å². The van der Waals surface area contributed by atoms with Crippen LogP contribution in [0.1, 0.15) is 40.3 Å². The van der Waals surface area contributed by atoms with Crippen molar-refractivity contribution < 1.29 is 13.2 Å². The van der Waals surface area contributed by atoms with Gasteiger partial charge in [0, 0.05) is 19.1 Å². The Balaban J connectivity index is 1.51. The normalized spacial score (nSPS) is 15.0. The maximum atomic E-state index is 12.8. The van der Waals surface area contributed by atoms with E-state index in [0.717, 1.165) is 16.7 Å². The summed E-state index contributed by atoms with van der Waals surface area (Å²) in [6, 6.07) is 14.2. The van der Waals surface area contributed by atoms with Crippen LogP contribution >= 0.6 is 0 Å². The van der Waals surface area contributed by atoms with Crippen molar-refractivity contribution in [3.63, 3.8) is 0 Å². The number of aromatic nitrogens is 3. The number of amides is 1. The van der Waals surface area contributed by atoms with Crippen molar-refractivity contribution in [1.82, 2.24) is 24.8 Å². The van der Waals surface area contributed by atoms with Crippen LogP contribution in [0.4, 0.5) is 0 Å². The van der Waals surface area contributed by atoms with Gasteiger partial charge in [-0.25, -0.2) is 18.1 Å². The van der Waals surface area contributed by atoms with Crippen molar-refractivity contribution in [2.45, 2.75) is 30.8 Å². The van der Waals surface area contributed by atoms with Crippen LogP contribution in [0.25, 0.3) is 0 Å². The number of nitrogens with zero attached hydrogens (tertiary/aromatic N) is 3. The van der Waals surface area contributed by atoms with Gasteiger partial charge in [0.2, 0.25) is 15.8 Å². The van der Waals surface area contributed by atoms with Gasteiger partial charge in [0.1, 0.15) is 6.33 Å². The number of carbonyl (C=O) groups excluding carboxylic acids is 1. The smallest absolute Gasteiger partial charge is 0.291 e. The Morgan fingerprint density at radius 2 is 1.97 bits per heavy atom. The Labute approximate surface area is 169 Å². The summed E-state index contributed by atoms with van der Waals surface area (Å²) in [6.45, 7) is 2.71. The van der Waals surface area contributed by atoms with E-state index < -0.39 is 10.0 Å². The highest BCUT2D eigenvalue weighted by molar-refractivity contribution is 7.89. The molecule has 4 rings (SSSR count). The Morgan fingerprint density at radius 1 is 1.17 bits per heavy atom. The monoisotopic (exact) mass is 411 g/mol. The minimum atomic E-state index is -3.66. The van der Waals surface area contributed by atoms with E-state index in [0.29, 0.717) is 19.5 Å². The standard InChI is InChI=1S/C20H21N5O3S/c1-14(15-5-3-2-4-6-15)24-29(27,28)18-8-7-17-12-25(10-9-16(17)11-18)20(26)19-21-13-22-23-19/h2-8,11,13-14,24H,9-10,12H2,1H3,(H,21,22,23). The molecule has 2 N–H and O–H groups in total. The number of sulfonamides is 1. The number of hydrogen-bond donors (Lipinski definition) is 2. The van der Waals surface area contributed by atoms with E-state index in [-0.39, 0.29) is 22.7 Å². The number of benzene rings is 2. The molecule has 0 aliphatic carbocycles. The predicted molar refractivity (Wildman–Crippen MR) is 106 cm³/mol. The van der Waals surface area contributed by atoms with Crippen molar-refractivity contribution in [1.29, 1.82) is 0 Å². The van der Waals surface area contributed by atoms with Gasteiger partial charge in [0.25, 0.3) is 5.91 Å². The minimum absolute atomic E-state index is 0.201. The van der Waals surface area contributed by atoms with Crippen molar-refractivity contribution in [2.24, 2.45) is 0 Å². The van der Waals surface area contributed by atoms with Gasteiger partial charge in [-0.15, -0.1) is 0 Å². The van der Waals surface area contributed by atoms with Gasteiger partial charge >= 0.3 is 0 Å². The summed E-state index contributed by atoms with van der Waals surface area (Å²) >= 11 is 0. The largest absolute Gasteiger partial charge is 0.331 e. The van der Waals surface area contributed by atoms with Gasteiger partial charge in [0.15, 0.2) is 0 Å². The number of H-pyrrole nitrogens is 1. The highest BCUT2D eigenvalue weighted by Gasteiger charge is 2.25. The first-order valence-corrected chi connectivity index (χ1v) is 10.8. The van der Waals surface area contributed by atoms with Gasteiger partial charge in [0.05, 0.1) is 4.90 Å². The molecule has 2 heterocycles. The van der Waals surface area contributed by atoms with Gasteiger partial charge in [-0.05, 0) is 42.2 Å². The SMILES string of the molecule is CC(NS(=O)(=O)c1ccc2c(c1)CCN(C(=O)c1ncn[nH]1)C2)c1ccccc1. The second-order valence-electron chi connectivity index (χ2n) is 6.99. The van der Waals surface area contributed by atoms with E-state index in [9.17, 15) is 13.2 Å². The highest BCUT2D eigenvalue weighted by atomic mass is 32.2. The van der Waals surface area contributed by atoms with Crippen LogP contribution in [-0.4, -0.2) is 41.0 Å².